The van der Waals surface area contributed by atoms with Gasteiger partial charge >= 0.3 is 0 Å². The van der Waals surface area contributed by atoms with Gasteiger partial charge in [0.2, 0.25) is 0 Å². The van der Waals surface area contributed by atoms with Gasteiger partial charge in [0, 0.05) is 52.8 Å². The molecule has 1 aliphatic rings. The summed E-state index contributed by atoms with van der Waals surface area (Å²) in [6.45, 7) is 0. The van der Waals surface area contributed by atoms with E-state index in [4.69, 9.17) is 0 Å². The van der Waals surface area contributed by atoms with Crippen LogP contribution in [-0.4, -0.2) is 15.0 Å². The highest BCUT2D eigenvalue weighted by Gasteiger charge is 1.91. The van der Waals surface area contributed by atoms with Crippen LogP contribution in [0, 0.1) is 0 Å². The smallest absolute Gasteiger partial charge is 0.160 e. The maximum absolute atomic E-state index is 4.46. The molecule has 0 bridgehead atoms. The second kappa shape index (κ2) is 6.29. The summed E-state index contributed by atoms with van der Waals surface area (Å²) in [7, 11) is 0. The van der Waals surface area contributed by atoms with Crippen molar-refractivity contribution in [2.24, 2.45) is 15.0 Å². The lowest BCUT2D eigenvalue weighted by Crippen LogP contribution is -2.32. The summed E-state index contributed by atoms with van der Waals surface area (Å²) >= 11 is 0. The van der Waals surface area contributed by atoms with Gasteiger partial charge in [-0.2, -0.15) is 0 Å². The first-order chi connectivity index (χ1) is 11.9. The summed E-state index contributed by atoms with van der Waals surface area (Å²) in [6, 6.07) is 11.3. The van der Waals surface area contributed by atoms with Gasteiger partial charge < -0.3 is 0 Å². The van der Waals surface area contributed by atoms with Gasteiger partial charge in [-0.15, -0.1) is 0 Å². The molecule has 6 heteroatoms. The molecule has 0 aromatic carbocycles. The largest absolute Gasteiger partial charge is 0.237 e. The van der Waals surface area contributed by atoms with Crippen molar-refractivity contribution in [3.8, 4) is 0 Å². The fraction of sp³-hybridized carbons (Fsp3) is 0. The van der Waals surface area contributed by atoms with Crippen LogP contribution in [0.15, 0.2) is 70.0 Å². The monoisotopic (exact) mass is 312 g/mol. The van der Waals surface area contributed by atoms with Crippen molar-refractivity contribution in [3.05, 3.63) is 87.1 Å². The number of nitrogens with zero attached hydrogens (tertiary/aromatic N) is 6. The van der Waals surface area contributed by atoms with Gasteiger partial charge in [0.05, 0.1) is 0 Å². The fourth-order valence-corrected chi connectivity index (χ4v) is 2.25. The molecule has 4 heterocycles. The molecule has 0 unspecified atom stereocenters. The van der Waals surface area contributed by atoms with Gasteiger partial charge in [0.1, 0.15) is 0 Å². The van der Waals surface area contributed by atoms with Gasteiger partial charge in [-0.05, 0) is 36.4 Å². The molecule has 3 aromatic heterocycles. The molecule has 0 aliphatic carbocycles. The molecule has 0 amide bonds. The van der Waals surface area contributed by atoms with Crippen molar-refractivity contribution < 1.29 is 0 Å². The highest BCUT2D eigenvalue weighted by Crippen LogP contribution is 1.75. The van der Waals surface area contributed by atoms with Crippen LogP contribution in [0.5, 0.6) is 0 Å². The third-order valence-electron chi connectivity index (χ3n) is 3.43. The minimum Gasteiger partial charge on any atom is -0.237 e. The Labute approximate surface area is 136 Å². The summed E-state index contributed by atoms with van der Waals surface area (Å²) in [5.74, 6) is 0. The first kappa shape index (κ1) is 14.1. The van der Waals surface area contributed by atoms with Crippen LogP contribution < -0.4 is 32.1 Å². The van der Waals surface area contributed by atoms with Crippen molar-refractivity contribution in [1.82, 2.24) is 15.0 Å². The predicted molar refractivity (Wildman–Crippen MR) is 88.4 cm³/mol. The van der Waals surface area contributed by atoms with Crippen molar-refractivity contribution in [1.29, 1.82) is 0 Å². The molecule has 1 aliphatic heterocycles. The zero-order valence-corrected chi connectivity index (χ0v) is 12.6. The van der Waals surface area contributed by atoms with Crippen molar-refractivity contribution >= 4 is 18.6 Å². The summed E-state index contributed by atoms with van der Waals surface area (Å²) in [5, 5.41) is 2.44. The average Bonchev–Trinajstić information content (AvgIpc) is 2.64. The van der Waals surface area contributed by atoms with Gasteiger partial charge in [-0.3, -0.25) is 0 Å². The van der Waals surface area contributed by atoms with Crippen LogP contribution in [0.2, 0.25) is 0 Å². The van der Waals surface area contributed by atoms with Gasteiger partial charge in [-0.1, -0.05) is 0 Å². The maximum atomic E-state index is 4.46. The number of fused-ring (bicyclic) bond motifs is 3. The van der Waals surface area contributed by atoms with E-state index in [1.807, 2.05) is 36.4 Å². The van der Waals surface area contributed by atoms with Gasteiger partial charge in [-0.25, -0.2) is 29.9 Å². The van der Waals surface area contributed by atoms with E-state index in [0.717, 1.165) is 15.7 Å². The SMILES string of the molecule is C1=c2/cccn/c2=N/C=c2/cccn/c2=N/C=c2/cccn/c2=N/1. The summed E-state index contributed by atoms with van der Waals surface area (Å²) in [6.07, 6.45) is 10.2. The lowest BCUT2D eigenvalue weighted by atomic mass is 10.3. The quantitative estimate of drug-likeness (QED) is 0.499. The van der Waals surface area contributed by atoms with Gasteiger partial charge in [0.15, 0.2) is 16.5 Å². The molecule has 0 spiro atoms. The van der Waals surface area contributed by atoms with Crippen LogP contribution in [0.3, 0.4) is 0 Å². The van der Waals surface area contributed by atoms with E-state index in [-0.39, 0.29) is 0 Å². The highest BCUT2D eigenvalue weighted by atomic mass is 14.9. The number of rotatable bonds is 0. The van der Waals surface area contributed by atoms with E-state index in [9.17, 15) is 0 Å². The minimum absolute atomic E-state index is 0.582. The molecule has 114 valence electrons. The number of pyridine rings is 3. The maximum Gasteiger partial charge on any atom is 0.160 e. The Kier molecular flexibility index (Phi) is 3.69. The number of hydrogen-bond acceptors (Lipinski definition) is 6. The molecular weight excluding hydrogens is 300 g/mol. The Morgan fingerprint density at radius 3 is 1.12 bits per heavy atom. The first-order valence-corrected chi connectivity index (χ1v) is 7.37. The molecule has 24 heavy (non-hydrogen) atoms. The minimum atomic E-state index is 0.582. The van der Waals surface area contributed by atoms with Crippen LogP contribution in [0.4, 0.5) is 0 Å². The molecule has 4 rings (SSSR count). The van der Waals surface area contributed by atoms with Crippen molar-refractivity contribution in [3.63, 3.8) is 0 Å². The van der Waals surface area contributed by atoms with Crippen molar-refractivity contribution in [2.75, 3.05) is 0 Å². The molecule has 3 aromatic rings. The average molecular weight is 312 g/mol. The number of aromatic nitrogens is 3. The normalized spacial score (nSPS) is 21.0. The van der Waals surface area contributed by atoms with E-state index in [1.165, 1.54) is 0 Å². The lowest BCUT2D eigenvalue weighted by Gasteiger charge is -1.91. The van der Waals surface area contributed by atoms with E-state index >= 15 is 0 Å². The Morgan fingerprint density at radius 2 is 0.792 bits per heavy atom. The third kappa shape index (κ3) is 2.85. The van der Waals surface area contributed by atoms with Crippen molar-refractivity contribution in [2.45, 2.75) is 0 Å². The van der Waals surface area contributed by atoms with E-state index in [1.54, 1.807) is 37.2 Å². The predicted octanol–water partition coefficient (Wildman–Crippen LogP) is -1.64. The van der Waals surface area contributed by atoms with E-state index < -0.39 is 0 Å². The second-order valence-electron chi connectivity index (χ2n) is 5.02. The Hall–Kier alpha value is -3.54. The lowest BCUT2D eigenvalue weighted by molar-refractivity contribution is 1.09. The van der Waals surface area contributed by atoms with E-state index in [2.05, 4.69) is 29.9 Å². The molecule has 0 fully saturated rings. The van der Waals surface area contributed by atoms with Crippen LogP contribution in [0.25, 0.3) is 18.6 Å². The summed E-state index contributed by atoms with van der Waals surface area (Å²) < 4.78 is 0. The molecule has 0 atom stereocenters. The molecular formula is C18H12N6. The standard InChI is InChI=1S/C18H12N6/c1-4-13-10-22-17-15(6-3-8-20-17)12-24-18-14(5-2-9-21-18)11-23-16(13)19-7-1/h1-12H/b13-10-,14-11-,15-12-,22-10?,22-17+,23-11?,23-16+,24-12?,24-18+. The fourth-order valence-electron chi connectivity index (χ4n) is 2.25. The molecule has 0 radical (unpaired) electrons. The van der Waals surface area contributed by atoms with Crippen LogP contribution in [-0.2, 0) is 0 Å². The zero-order chi connectivity index (χ0) is 16.2. The van der Waals surface area contributed by atoms with Crippen LogP contribution in [0.1, 0.15) is 0 Å². The Bertz CT molecular complexity index is 1000. The topological polar surface area (TPSA) is 75.8 Å². The molecule has 6 nitrogen and oxygen atoms in total. The number of hydrogen-bond donors (Lipinski definition) is 0. The summed E-state index contributed by atoms with van der Waals surface area (Å²) in [4.78, 5) is 26.3. The molecule has 0 saturated heterocycles. The Balaban J connectivity index is 2.22. The Morgan fingerprint density at radius 1 is 0.458 bits per heavy atom. The molecule has 0 saturated carbocycles. The van der Waals surface area contributed by atoms with Gasteiger partial charge in [0.25, 0.3) is 0 Å². The van der Waals surface area contributed by atoms with Crippen LogP contribution >= 0.6 is 0 Å². The van der Waals surface area contributed by atoms with E-state index in [0.29, 0.717) is 16.5 Å². The third-order valence-corrected chi connectivity index (χ3v) is 3.43. The first-order valence-electron chi connectivity index (χ1n) is 7.37. The second-order valence-corrected chi connectivity index (χ2v) is 5.02. The summed E-state index contributed by atoms with van der Waals surface area (Å²) in [5.41, 5.74) is 1.74. The highest BCUT2D eigenvalue weighted by molar-refractivity contribution is 5.27. The molecule has 0 N–H and O–H groups in total. The zero-order valence-electron chi connectivity index (χ0n) is 12.6.